The van der Waals surface area contributed by atoms with Gasteiger partial charge in [-0.2, -0.15) is 8.78 Å². The van der Waals surface area contributed by atoms with Crippen LogP contribution in [0.15, 0.2) is 0 Å². The Balaban J connectivity index is 1.44. The van der Waals surface area contributed by atoms with Gasteiger partial charge in [-0.15, -0.1) is 0 Å². The van der Waals surface area contributed by atoms with Gasteiger partial charge in [-0.3, -0.25) is 4.79 Å². The molecule has 4 aliphatic rings. The molecule has 2 saturated carbocycles. The van der Waals surface area contributed by atoms with E-state index in [9.17, 15) is 18.7 Å². The molecule has 0 spiro atoms. The molecule has 4 rings (SSSR count). The zero-order valence-corrected chi connectivity index (χ0v) is 15.9. The van der Waals surface area contributed by atoms with Crippen LogP contribution in [0.4, 0.5) is 8.78 Å². The molecule has 154 valence electrons. The van der Waals surface area contributed by atoms with E-state index >= 15 is 0 Å². The highest BCUT2D eigenvalue weighted by atomic mass is 35.5. The van der Waals surface area contributed by atoms with Crippen LogP contribution < -0.4 is 5.32 Å². The van der Waals surface area contributed by atoms with Crippen molar-refractivity contribution < 1.29 is 33.2 Å². The summed E-state index contributed by atoms with van der Waals surface area (Å²) in [6.07, 6.45) is 1.90. The second-order valence-corrected chi connectivity index (χ2v) is 8.82. The minimum Gasteiger partial charge on any atom is -0.392 e. The summed E-state index contributed by atoms with van der Waals surface area (Å²) in [6, 6.07) is -1.59. The monoisotopic (exact) mass is 409 g/mol. The zero-order chi connectivity index (χ0) is 19.3. The maximum Gasteiger partial charge on any atom is 0.336 e. The van der Waals surface area contributed by atoms with Gasteiger partial charge in [0.25, 0.3) is 0 Å². The Labute approximate surface area is 161 Å². The first kappa shape index (κ1) is 19.9. The van der Waals surface area contributed by atoms with Gasteiger partial charge < -0.3 is 15.2 Å². The first-order valence-electron chi connectivity index (χ1n) is 9.67. The molecule has 2 aliphatic carbocycles. The number of nitrogens with one attached hydrogen (secondary N) is 1. The number of Topliss-reactive ketones (excluding diaryl/α,β-unsaturated/α-hetero) is 1. The third-order valence-corrected chi connectivity index (χ3v) is 7.14. The summed E-state index contributed by atoms with van der Waals surface area (Å²) in [4.78, 5) is 22.3. The van der Waals surface area contributed by atoms with Gasteiger partial charge in [0.05, 0.1) is 44.0 Å². The highest BCUT2D eigenvalue weighted by molar-refractivity contribution is 6.22. The molecule has 2 saturated heterocycles. The van der Waals surface area contributed by atoms with E-state index in [1.54, 1.807) is 0 Å². The van der Waals surface area contributed by atoms with Gasteiger partial charge in [-0.05, 0) is 49.6 Å². The first-order valence-corrected chi connectivity index (χ1v) is 10.0. The van der Waals surface area contributed by atoms with Crippen molar-refractivity contribution in [1.29, 1.82) is 0 Å². The lowest BCUT2D eigenvalue weighted by Gasteiger charge is -2.38. The van der Waals surface area contributed by atoms with Crippen molar-refractivity contribution >= 4 is 17.4 Å². The van der Waals surface area contributed by atoms with Gasteiger partial charge in [0.15, 0.2) is 0 Å². The van der Waals surface area contributed by atoms with Crippen molar-refractivity contribution in [2.75, 3.05) is 13.7 Å². The fraction of sp³-hybridized carbons (Fsp3) is 0.944. The van der Waals surface area contributed by atoms with Crippen molar-refractivity contribution in [3.05, 3.63) is 0 Å². The molecule has 0 aromatic heterocycles. The smallest absolute Gasteiger partial charge is 0.336 e. The number of carbonyl (C=O) groups excluding carboxylic acids is 1. The van der Waals surface area contributed by atoms with E-state index in [0.717, 1.165) is 19.3 Å². The second kappa shape index (κ2) is 7.46. The number of aliphatic hydroxyl groups excluding tert-OH is 1. The quantitative estimate of drug-likeness (QED) is 0.302. The summed E-state index contributed by atoms with van der Waals surface area (Å²) in [6.45, 7) is 0.0730. The number of hydrogen-bond acceptors (Lipinski definition) is 6. The summed E-state index contributed by atoms with van der Waals surface area (Å²) in [5, 5.41) is 10.1. The number of hydrogen-bond donors (Lipinski definition) is 2. The second-order valence-electron chi connectivity index (χ2n) is 8.31. The Bertz CT molecular complexity index is 576. The lowest BCUT2D eigenvalue weighted by molar-refractivity contribution is -0.279. The minimum absolute atomic E-state index is 0.0321. The fourth-order valence-electron chi connectivity index (χ4n) is 5.43. The van der Waals surface area contributed by atoms with E-state index in [1.807, 2.05) is 0 Å². The molecule has 0 radical (unpaired) electrons. The number of carbonyl (C=O) groups is 1. The zero-order valence-electron chi connectivity index (χ0n) is 15.2. The summed E-state index contributed by atoms with van der Waals surface area (Å²) in [5.41, 5.74) is 0. The molecular weight excluding hydrogens is 384 g/mol. The average molecular weight is 410 g/mol. The minimum atomic E-state index is -3.35. The van der Waals surface area contributed by atoms with E-state index in [0.29, 0.717) is 6.42 Å². The first-order chi connectivity index (χ1) is 12.8. The van der Waals surface area contributed by atoms with Crippen LogP contribution in [-0.2, 0) is 19.3 Å². The van der Waals surface area contributed by atoms with E-state index in [1.165, 1.54) is 7.11 Å². The van der Waals surface area contributed by atoms with Crippen LogP contribution >= 0.6 is 11.6 Å². The maximum absolute atomic E-state index is 13.5. The van der Waals surface area contributed by atoms with Gasteiger partial charge in [0, 0.05) is 17.9 Å². The SMILES string of the molecule is COOCC1NC(C(F)(F)Cl)CCC1C1OC1C1C(=O)C2CCC(C2)C1O. The summed E-state index contributed by atoms with van der Waals surface area (Å²) < 4.78 is 32.9. The number of fused-ring (bicyclic) bond motifs is 2. The van der Waals surface area contributed by atoms with Gasteiger partial charge in [-0.25, -0.2) is 9.78 Å². The average Bonchev–Trinajstić information content (AvgIpc) is 3.25. The predicted octanol–water partition coefficient (Wildman–Crippen LogP) is 1.88. The van der Waals surface area contributed by atoms with Crippen molar-refractivity contribution in [2.45, 2.75) is 67.9 Å². The van der Waals surface area contributed by atoms with E-state index < -0.39 is 29.5 Å². The van der Waals surface area contributed by atoms with Gasteiger partial charge in [0.1, 0.15) is 5.78 Å². The van der Waals surface area contributed by atoms with Gasteiger partial charge in [-0.1, -0.05) is 0 Å². The number of epoxide rings is 1. The molecule has 2 heterocycles. The molecule has 0 aromatic carbocycles. The Morgan fingerprint density at radius 1 is 1.30 bits per heavy atom. The third kappa shape index (κ3) is 3.76. The van der Waals surface area contributed by atoms with E-state index in [-0.39, 0.29) is 48.8 Å². The number of piperidine rings is 1. The van der Waals surface area contributed by atoms with Crippen LogP contribution in [0.5, 0.6) is 0 Å². The molecular formula is C18H26ClF2NO5. The van der Waals surface area contributed by atoms with Crippen LogP contribution in [0.3, 0.4) is 0 Å². The van der Waals surface area contributed by atoms with Crippen LogP contribution in [0.1, 0.15) is 32.1 Å². The molecule has 27 heavy (non-hydrogen) atoms. The van der Waals surface area contributed by atoms with Crippen molar-refractivity contribution in [3.63, 3.8) is 0 Å². The van der Waals surface area contributed by atoms with Gasteiger partial charge in [0.2, 0.25) is 0 Å². The molecule has 0 amide bonds. The molecule has 9 heteroatoms. The predicted molar refractivity (Wildman–Crippen MR) is 91.2 cm³/mol. The fourth-order valence-corrected chi connectivity index (χ4v) is 5.61. The number of ether oxygens (including phenoxy) is 1. The lowest BCUT2D eigenvalue weighted by atomic mass is 9.73. The molecule has 9 atom stereocenters. The molecule has 6 nitrogen and oxygen atoms in total. The molecule has 0 aromatic rings. The van der Waals surface area contributed by atoms with Crippen LogP contribution in [-0.4, -0.2) is 60.4 Å². The summed E-state index contributed by atoms with van der Waals surface area (Å²) >= 11 is 5.21. The molecule has 2 N–H and O–H groups in total. The molecule has 2 bridgehead atoms. The standard InChI is InChI=1S/C18H26ClF2NO5/c1-25-26-7-11-10(4-5-12(22-11)18(19,20)21)16-17(27-16)13-14(23)8-2-3-9(6-8)15(13)24/h8-14,16-17,22-23H,2-7H2,1H3. The Hall–Kier alpha value is -0.380. The summed E-state index contributed by atoms with van der Waals surface area (Å²) in [5.74, 6) is -0.316. The topological polar surface area (TPSA) is 80.3 Å². The lowest BCUT2D eigenvalue weighted by Crippen LogP contribution is -2.56. The van der Waals surface area contributed by atoms with E-state index in [4.69, 9.17) is 21.2 Å². The largest absolute Gasteiger partial charge is 0.392 e. The summed E-state index contributed by atoms with van der Waals surface area (Å²) in [7, 11) is 1.36. The van der Waals surface area contributed by atoms with Crippen molar-refractivity contribution in [2.24, 2.45) is 23.7 Å². The van der Waals surface area contributed by atoms with Gasteiger partial charge >= 0.3 is 5.38 Å². The number of aliphatic hydroxyl groups is 1. The number of rotatable bonds is 6. The molecule has 9 unspecified atom stereocenters. The Morgan fingerprint density at radius 3 is 2.78 bits per heavy atom. The van der Waals surface area contributed by atoms with Crippen LogP contribution in [0.25, 0.3) is 0 Å². The number of alkyl halides is 3. The Morgan fingerprint density at radius 2 is 2.07 bits per heavy atom. The molecule has 2 aliphatic heterocycles. The van der Waals surface area contributed by atoms with Crippen molar-refractivity contribution in [1.82, 2.24) is 5.32 Å². The third-order valence-electron chi connectivity index (χ3n) is 6.87. The Kier molecular flexibility index (Phi) is 5.50. The maximum atomic E-state index is 13.5. The number of halogens is 3. The van der Waals surface area contributed by atoms with Crippen molar-refractivity contribution in [3.8, 4) is 0 Å². The van der Waals surface area contributed by atoms with Crippen LogP contribution in [0.2, 0.25) is 0 Å². The highest BCUT2D eigenvalue weighted by Crippen LogP contribution is 2.50. The molecule has 4 fully saturated rings. The normalized spacial score (nSPS) is 47.3. The highest BCUT2D eigenvalue weighted by Gasteiger charge is 2.61. The van der Waals surface area contributed by atoms with E-state index in [2.05, 4.69) is 10.2 Å². The van der Waals surface area contributed by atoms with Crippen LogP contribution in [0, 0.1) is 23.7 Å². The number of ketones is 1.